The second kappa shape index (κ2) is 7.85. The first-order chi connectivity index (χ1) is 12.4. The molecule has 0 spiro atoms. The van der Waals surface area contributed by atoms with Crippen LogP contribution in [-0.2, 0) is 13.0 Å². The van der Waals surface area contributed by atoms with Crippen molar-refractivity contribution >= 4 is 0 Å². The Morgan fingerprint density at radius 3 is 2.80 bits per heavy atom. The van der Waals surface area contributed by atoms with E-state index in [2.05, 4.69) is 39.5 Å². The molecule has 0 atom stereocenters. The number of aromatic nitrogens is 1. The molecule has 0 aliphatic carbocycles. The minimum Gasteiger partial charge on any atom is -0.454 e. The number of pyridine rings is 1. The molecule has 0 amide bonds. The summed E-state index contributed by atoms with van der Waals surface area (Å²) in [4.78, 5) is 6.92. The minimum absolute atomic E-state index is 0.341. The molecule has 4 rings (SSSR count). The number of likely N-dealkylation sites (tertiary alicyclic amines) is 1. The van der Waals surface area contributed by atoms with Crippen molar-refractivity contribution in [1.29, 1.82) is 0 Å². The molecule has 2 aliphatic heterocycles. The summed E-state index contributed by atoms with van der Waals surface area (Å²) < 4.78 is 10.8. The van der Waals surface area contributed by atoms with Crippen molar-refractivity contribution < 1.29 is 9.47 Å². The van der Waals surface area contributed by atoms with Crippen LogP contribution in [0.25, 0.3) is 0 Å². The van der Waals surface area contributed by atoms with Crippen molar-refractivity contribution in [2.75, 3.05) is 26.4 Å². The van der Waals surface area contributed by atoms with Crippen LogP contribution >= 0.6 is 0 Å². The first-order valence-corrected chi connectivity index (χ1v) is 9.11. The SMILES string of the molecule is c1ccc(CN2CCC(NCCc3ccc4c(c3)OCO4)CC2)nc1. The van der Waals surface area contributed by atoms with Gasteiger partial charge in [0.05, 0.1) is 5.69 Å². The molecule has 1 aromatic heterocycles. The molecule has 0 saturated carbocycles. The van der Waals surface area contributed by atoms with E-state index in [1.165, 1.54) is 18.4 Å². The average molecular weight is 339 g/mol. The number of hydrogen-bond acceptors (Lipinski definition) is 5. The summed E-state index contributed by atoms with van der Waals surface area (Å²) in [7, 11) is 0. The lowest BCUT2D eigenvalue weighted by atomic mass is 10.0. The number of nitrogens with one attached hydrogen (secondary N) is 1. The van der Waals surface area contributed by atoms with Crippen LogP contribution < -0.4 is 14.8 Å². The summed E-state index contributed by atoms with van der Waals surface area (Å²) in [6, 6.07) is 13.0. The number of benzene rings is 1. The van der Waals surface area contributed by atoms with Gasteiger partial charge in [-0.05, 0) is 55.6 Å². The van der Waals surface area contributed by atoms with Gasteiger partial charge in [-0.25, -0.2) is 0 Å². The predicted octanol–water partition coefficient (Wildman–Crippen LogP) is 2.61. The van der Waals surface area contributed by atoms with Gasteiger partial charge in [0, 0.05) is 31.9 Å². The molecule has 25 heavy (non-hydrogen) atoms. The fourth-order valence-corrected chi connectivity index (χ4v) is 3.53. The third-order valence-electron chi connectivity index (χ3n) is 4.98. The Kier molecular flexibility index (Phi) is 5.14. The first-order valence-electron chi connectivity index (χ1n) is 9.11. The van der Waals surface area contributed by atoms with E-state index in [1.54, 1.807) is 0 Å². The van der Waals surface area contributed by atoms with Crippen LogP contribution in [0.3, 0.4) is 0 Å². The van der Waals surface area contributed by atoms with Gasteiger partial charge in [0.15, 0.2) is 11.5 Å². The summed E-state index contributed by atoms with van der Waals surface area (Å²) in [6.07, 6.45) is 5.30. The first kappa shape index (κ1) is 16.4. The number of ether oxygens (including phenoxy) is 2. The van der Waals surface area contributed by atoms with Crippen molar-refractivity contribution in [2.45, 2.75) is 31.8 Å². The fourth-order valence-electron chi connectivity index (χ4n) is 3.53. The predicted molar refractivity (Wildman–Crippen MR) is 96.8 cm³/mol. The van der Waals surface area contributed by atoms with Crippen molar-refractivity contribution in [1.82, 2.24) is 15.2 Å². The Morgan fingerprint density at radius 2 is 1.96 bits per heavy atom. The zero-order valence-electron chi connectivity index (χ0n) is 14.5. The van der Waals surface area contributed by atoms with E-state index < -0.39 is 0 Å². The van der Waals surface area contributed by atoms with Gasteiger partial charge in [-0.2, -0.15) is 0 Å². The van der Waals surface area contributed by atoms with Gasteiger partial charge in [-0.15, -0.1) is 0 Å². The van der Waals surface area contributed by atoms with Gasteiger partial charge < -0.3 is 14.8 Å². The monoisotopic (exact) mass is 339 g/mol. The number of nitrogens with zero attached hydrogens (tertiary/aromatic N) is 2. The van der Waals surface area contributed by atoms with Gasteiger partial charge in [0.2, 0.25) is 6.79 Å². The summed E-state index contributed by atoms with van der Waals surface area (Å²) in [6.45, 7) is 4.58. The second-order valence-electron chi connectivity index (χ2n) is 6.76. The van der Waals surface area contributed by atoms with Crippen LogP contribution in [0.4, 0.5) is 0 Å². The van der Waals surface area contributed by atoms with Gasteiger partial charge in [0.1, 0.15) is 0 Å². The number of rotatable bonds is 6. The lowest BCUT2D eigenvalue weighted by Crippen LogP contribution is -2.42. The summed E-state index contributed by atoms with van der Waals surface area (Å²) in [5.74, 6) is 1.73. The van der Waals surface area contributed by atoms with Crippen LogP contribution in [0.15, 0.2) is 42.6 Å². The Bertz CT molecular complexity index is 685. The normalized spacial score (nSPS) is 17.8. The molecule has 2 aromatic rings. The van der Waals surface area contributed by atoms with Gasteiger partial charge in [0.25, 0.3) is 0 Å². The lowest BCUT2D eigenvalue weighted by Gasteiger charge is -2.32. The van der Waals surface area contributed by atoms with Crippen molar-refractivity contribution in [3.05, 3.63) is 53.9 Å². The van der Waals surface area contributed by atoms with Crippen LogP contribution in [-0.4, -0.2) is 42.4 Å². The molecule has 5 heteroatoms. The fraction of sp³-hybridized carbons (Fsp3) is 0.450. The van der Waals surface area contributed by atoms with Crippen LogP contribution in [0.2, 0.25) is 0 Å². The Morgan fingerprint density at radius 1 is 1.08 bits per heavy atom. The maximum absolute atomic E-state index is 5.44. The highest BCUT2D eigenvalue weighted by atomic mass is 16.7. The van der Waals surface area contributed by atoms with Crippen LogP contribution in [0.5, 0.6) is 11.5 Å². The second-order valence-corrected chi connectivity index (χ2v) is 6.76. The van der Waals surface area contributed by atoms with E-state index in [-0.39, 0.29) is 0 Å². The lowest BCUT2D eigenvalue weighted by molar-refractivity contribution is 0.174. The maximum Gasteiger partial charge on any atom is 0.231 e. The molecule has 2 aliphatic rings. The van der Waals surface area contributed by atoms with Crippen molar-refractivity contribution in [2.24, 2.45) is 0 Å². The molecule has 0 unspecified atom stereocenters. The topological polar surface area (TPSA) is 46.6 Å². The standard InChI is InChI=1S/C20H25N3O2/c1-2-9-21-18(3-1)14-23-11-7-17(8-12-23)22-10-6-16-4-5-19-20(13-16)25-15-24-19/h1-5,9,13,17,22H,6-8,10-12,14-15H2. The molecule has 1 saturated heterocycles. The Hall–Kier alpha value is -2.11. The summed E-state index contributed by atoms with van der Waals surface area (Å²) >= 11 is 0. The number of piperidine rings is 1. The molecule has 0 radical (unpaired) electrons. The van der Waals surface area contributed by atoms with Crippen molar-refractivity contribution in [3.8, 4) is 11.5 Å². The van der Waals surface area contributed by atoms with E-state index in [4.69, 9.17) is 9.47 Å². The zero-order valence-corrected chi connectivity index (χ0v) is 14.5. The third-order valence-corrected chi connectivity index (χ3v) is 4.98. The van der Waals surface area contributed by atoms with E-state index in [9.17, 15) is 0 Å². The molecule has 0 bridgehead atoms. The number of hydrogen-bond donors (Lipinski definition) is 1. The van der Waals surface area contributed by atoms with E-state index in [1.807, 2.05) is 18.3 Å². The smallest absolute Gasteiger partial charge is 0.231 e. The molecular formula is C20H25N3O2. The van der Waals surface area contributed by atoms with Crippen molar-refractivity contribution in [3.63, 3.8) is 0 Å². The van der Waals surface area contributed by atoms with Gasteiger partial charge >= 0.3 is 0 Å². The van der Waals surface area contributed by atoms with Gasteiger partial charge in [-0.1, -0.05) is 12.1 Å². The van der Waals surface area contributed by atoms with E-state index in [0.29, 0.717) is 12.8 Å². The third kappa shape index (κ3) is 4.30. The zero-order chi connectivity index (χ0) is 16.9. The minimum atomic E-state index is 0.341. The number of fused-ring (bicyclic) bond motifs is 1. The highest BCUT2D eigenvalue weighted by Gasteiger charge is 2.19. The molecule has 132 valence electrons. The van der Waals surface area contributed by atoms with E-state index in [0.717, 1.165) is 49.8 Å². The van der Waals surface area contributed by atoms with Crippen LogP contribution in [0, 0.1) is 0 Å². The Balaban J connectivity index is 1.18. The highest BCUT2D eigenvalue weighted by molar-refractivity contribution is 5.44. The summed E-state index contributed by atoms with van der Waals surface area (Å²) in [5, 5.41) is 3.71. The molecule has 1 aromatic carbocycles. The largest absolute Gasteiger partial charge is 0.454 e. The quantitative estimate of drug-likeness (QED) is 0.877. The van der Waals surface area contributed by atoms with E-state index >= 15 is 0 Å². The molecule has 3 heterocycles. The molecule has 1 fully saturated rings. The Labute approximate surface area is 149 Å². The molecule has 1 N–H and O–H groups in total. The highest BCUT2D eigenvalue weighted by Crippen LogP contribution is 2.32. The van der Waals surface area contributed by atoms with Crippen LogP contribution in [0.1, 0.15) is 24.1 Å². The summed E-state index contributed by atoms with van der Waals surface area (Å²) in [5.41, 5.74) is 2.46. The molecular weight excluding hydrogens is 314 g/mol. The maximum atomic E-state index is 5.44. The molecule has 5 nitrogen and oxygen atoms in total. The van der Waals surface area contributed by atoms with Gasteiger partial charge in [-0.3, -0.25) is 9.88 Å². The average Bonchev–Trinajstić information content (AvgIpc) is 3.12.